The van der Waals surface area contributed by atoms with Gasteiger partial charge in [0.05, 0.1) is 20.0 Å². The van der Waals surface area contributed by atoms with Crippen LogP contribution in [0.4, 0.5) is 0 Å². The van der Waals surface area contributed by atoms with Crippen LogP contribution in [0.1, 0.15) is 485 Å². The molecule has 0 spiro atoms. The molecule has 1 aliphatic heterocycles. The van der Waals surface area contributed by atoms with Crippen molar-refractivity contribution >= 4 is 17.7 Å². The number of hydrogen-bond donors (Lipinski definition) is 0. The maximum Gasteiger partial charge on any atom is 0.226 e. The van der Waals surface area contributed by atoms with Crippen molar-refractivity contribution in [1.82, 2.24) is 29.4 Å². The number of carbonyl (C=O) groups is 3. The highest BCUT2D eigenvalue weighted by Crippen LogP contribution is 2.21. The van der Waals surface area contributed by atoms with E-state index in [1.807, 2.05) is 14.7 Å². The predicted molar refractivity (Wildman–Crippen MR) is 437 cm³/mol. The van der Waals surface area contributed by atoms with Crippen LogP contribution in [-0.2, 0) is 14.4 Å². The fraction of sp³-hybridized carbons (Fsp3) is 0.967. The molecule has 0 saturated carbocycles. The predicted octanol–water partition coefficient (Wildman–Crippen LogP) is 27.3. The molecule has 1 fully saturated rings. The third-order valence-corrected chi connectivity index (χ3v) is 22.4. The molecule has 1 rings (SSSR count). The summed E-state index contributed by atoms with van der Waals surface area (Å²) in [6.45, 7) is 23.7. The molecule has 0 unspecified atom stereocenters. The third-order valence-electron chi connectivity index (χ3n) is 22.4. The highest BCUT2D eigenvalue weighted by atomic mass is 16.2. The Labute approximate surface area is 621 Å². The molecule has 9 heteroatoms. The van der Waals surface area contributed by atoms with Crippen molar-refractivity contribution in [2.24, 2.45) is 0 Å². The molecule has 99 heavy (non-hydrogen) atoms. The van der Waals surface area contributed by atoms with Crippen molar-refractivity contribution in [3.63, 3.8) is 0 Å². The van der Waals surface area contributed by atoms with Gasteiger partial charge in [-0.15, -0.1) is 0 Å². The van der Waals surface area contributed by atoms with Crippen LogP contribution in [0, 0.1) is 0 Å². The first-order valence-electron chi connectivity index (χ1n) is 45.8. The van der Waals surface area contributed by atoms with Crippen molar-refractivity contribution in [1.29, 1.82) is 0 Å². The van der Waals surface area contributed by atoms with Crippen LogP contribution in [0.5, 0.6) is 0 Å². The Hall–Kier alpha value is -1.71. The van der Waals surface area contributed by atoms with E-state index in [1.54, 1.807) is 0 Å². The minimum Gasteiger partial charge on any atom is -0.307 e. The van der Waals surface area contributed by atoms with E-state index in [2.05, 4.69) is 56.2 Å². The average Bonchev–Trinajstić information content (AvgIpc) is 0.830. The summed E-state index contributed by atoms with van der Waals surface area (Å²) in [5.74, 6) is 0.290. The van der Waals surface area contributed by atoms with Gasteiger partial charge < -0.3 is 29.4 Å². The summed E-state index contributed by atoms with van der Waals surface area (Å²) < 4.78 is 0. The summed E-state index contributed by atoms with van der Waals surface area (Å²) in [6, 6.07) is 0. The van der Waals surface area contributed by atoms with E-state index in [0.717, 1.165) is 65.3 Å². The number of nitrogens with zero attached hydrogens (tertiary/aromatic N) is 6. The lowest BCUT2D eigenvalue weighted by Gasteiger charge is -2.42. The van der Waals surface area contributed by atoms with Gasteiger partial charge in [0.25, 0.3) is 0 Å². The van der Waals surface area contributed by atoms with Crippen molar-refractivity contribution in [2.75, 3.05) is 78.9 Å². The van der Waals surface area contributed by atoms with Gasteiger partial charge in [-0.1, -0.05) is 420 Å². The molecule has 0 atom stereocenters. The molecule has 1 heterocycles. The molecule has 0 aromatic carbocycles. The summed E-state index contributed by atoms with van der Waals surface area (Å²) in [7, 11) is 0. The van der Waals surface area contributed by atoms with Gasteiger partial charge in [0.15, 0.2) is 0 Å². The summed E-state index contributed by atoms with van der Waals surface area (Å²) in [6.07, 6.45) is 89.7. The first-order chi connectivity index (χ1) is 48.8. The smallest absolute Gasteiger partial charge is 0.226 e. The first-order valence-corrected chi connectivity index (χ1v) is 45.8. The van der Waals surface area contributed by atoms with Gasteiger partial charge in [-0.25, -0.2) is 0 Å². The van der Waals surface area contributed by atoms with E-state index >= 15 is 0 Å². The molecular weight excluding hydrogens is 1210 g/mol. The Balaban J connectivity index is 3.26. The van der Waals surface area contributed by atoms with Gasteiger partial charge in [-0.2, -0.15) is 0 Å². The quantitative estimate of drug-likeness (QED) is 0.0565. The number of unbranched alkanes of at least 4 members (excludes halogenated alkanes) is 59. The van der Waals surface area contributed by atoms with Crippen molar-refractivity contribution in [2.45, 2.75) is 485 Å². The monoisotopic (exact) mass is 1390 g/mol. The lowest BCUT2D eigenvalue weighted by Crippen LogP contribution is -2.59. The van der Waals surface area contributed by atoms with Crippen molar-refractivity contribution < 1.29 is 14.4 Å². The molecule has 0 radical (unpaired) electrons. The Kier molecular flexibility index (Phi) is 74.5. The van der Waals surface area contributed by atoms with E-state index in [4.69, 9.17) is 0 Å². The highest BCUT2D eigenvalue weighted by Gasteiger charge is 2.32. The van der Waals surface area contributed by atoms with Gasteiger partial charge in [-0.05, 0) is 90.8 Å². The van der Waals surface area contributed by atoms with Crippen LogP contribution in [-0.4, -0.2) is 126 Å². The second kappa shape index (κ2) is 77.4. The van der Waals surface area contributed by atoms with Crippen LogP contribution < -0.4 is 0 Å². The zero-order valence-electron chi connectivity index (χ0n) is 68.7. The van der Waals surface area contributed by atoms with Crippen LogP contribution in [0.15, 0.2) is 0 Å². The van der Waals surface area contributed by atoms with E-state index in [1.165, 1.54) is 417 Å². The summed E-state index contributed by atoms with van der Waals surface area (Å²) in [4.78, 5) is 57.8. The maximum absolute atomic E-state index is 14.8. The molecule has 0 aliphatic carbocycles. The summed E-state index contributed by atoms with van der Waals surface area (Å²) >= 11 is 0. The zero-order valence-corrected chi connectivity index (χ0v) is 68.7. The number of rotatable bonds is 81. The van der Waals surface area contributed by atoms with Crippen molar-refractivity contribution in [3.8, 4) is 0 Å². The van der Waals surface area contributed by atoms with Gasteiger partial charge in [0.1, 0.15) is 0 Å². The normalized spacial score (nSPS) is 12.9. The van der Waals surface area contributed by atoms with Crippen LogP contribution in [0.3, 0.4) is 0 Å². The van der Waals surface area contributed by atoms with Crippen molar-refractivity contribution in [3.05, 3.63) is 0 Å². The topological polar surface area (TPSA) is 70.7 Å². The largest absolute Gasteiger partial charge is 0.307 e. The SMILES string of the molecule is CCCCCCCCCCCCCN(CCCCCCCCCCCC)CCCC(=O)N1CN(C(=O)CCN(CCCCCCCCCCCCC)CCCCCCCCCCCCC)CN(C(=O)CCN(CCCCCCCCCCCCC)CCCCCCCCCCCCC)C1. The van der Waals surface area contributed by atoms with Gasteiger partial charge in [0, 0.05) is 32.4 Å². The van der Waals surface area contributed by atoms with E-state index < -0.39 is 0 Å². The van der Waals surface area contributed by atoms with Gasteiger partial charge in [-0.3, -0.25) is 14.4 Å². The highest BCUT2D eigenvalue weighted by molar-refractivity contribution is 5.82. The minimum absolute atomic E-state index is 0.0948. The van der Waals surface area contributed by atoms with E-state index in [-0.39, 0.29) is 17.7 Å². The fourth-order valence-electron chi connectivity index (χ4n) is 15.5. The standard InChI is InChI=1S/C90H180N6O3/c1-7-13-19-25-31-37-43-49-55-61-67-77-91(76-66-60-54-48-42-36-30-24-18-12-6)82-72-73-88(97)94-85-95(89(98)74-83-92(78-68-62-56-50-44-38-32-26-20-14-8-2)79-69-63-57-51-45-39-33-27-21-15-9-3)87-96(86-94)90(99)75-84-93(80-70-64-58-52-46-40-34-28-22-16-10-4)81-71-65-59-53-47-41-35-29-23-17-11-5/h7-87H2,1-6H3. The number of hydrogen-bond acceptors (Lipinski definition) is 6. The molecule has 0 aromatic heterocycles. The fourth-order valence-corrected chi connectivity index (χ4v) is 15.5. The first kappa shape index (κ1) is 95.3. The lowest BCUT2D eigenvalue weighted by atomic mass is 10.1. The van der Waals surface area contributed by atoms with Crippen LogP contribution in [0.25, 0.3) is 0 Å². The molecule has 588 valence electrons. The Morgan fingerprint density at radius 1 is 0.172 bits per heavy atom. The number of amides is 3. The summed E-state index contributed by atoms with van der Waals surface area (Å²) in [5, 5.41) is 0. The molecular formula is C90H180N6O3. The van der Waals surface area contributed by atoms with Crippen LogP contribution in [0.2, 0.25) is 0 Å². The molecule has 0 aromatic rings. The second-order valence-corrected chi connectivity index (χ2v) is 32.2. The molecule has 1 saturated heterocycles. The third kappa shape index (κ3) is 64.4. The van der Waals surface area contributed by atoms with Gasteiger partial charge in [0.2, 0.25) is 17.7 Å². The number of carbonyl (C=O) groups excluding carboxylic acids is 3. The molecule has 9 nitrogen and oxygen atoms in total. The minimum atomic E-state index is 0.0948. The van der Waals surface area contributed by atoms with Gasteiger partial charge >= 0.3 is 0 Å². The second-order valence-electron chi connectivity index (χ2n) is 32.2. The summed E-state index contributed by atoms with van der Waals surface area (Å²) in [5.41, 5.74) is 0. The zero-order chi connectivity index (χ0) is 71.5. The Morgan fingerprint density at radius 3 is 0.475 bits per heavy atom. The molecule has 0 N–H and O–H groups in total. The van der Waals surface area contributed by atoms with E-state index in [9.17, 15) is 14.4 Å². The molecule has 0 bridgehead atoms. The Bertz CT molecular complexity index is 1520. The molecule has 3 amide bonds. The van der Waals surface area contributed by atoms with E-state index in [0.29, 0.717) is 39.3 Å². The Morgan fingerprint density at radius 2 is 0.303 bits per heavy atom. The average molecular weight is 1390 g/mol. The lowest BCUT2D eigenvalue weighted by molar-refractivity contribution is -0.159. The molecule has 1 aliphatic rings. The van der Waals surface area contributed by atoms with Crippen LogP contribution >= 0.6 is 0 Å². The maximum atomic E-state index is 14.8.